The lowest BCUT2D eigenvalue weighted by Gasteiger charge is -2.36. The quantitative estimate of drug-likeness (QED) is 0.702. The third kappa shape index (κ3) is 2.52. The molecule has 4 rings (SSSR count). The molecule has 3 aromatic rings. The van der Waals surface area contributed by atoms with Gasteiger partial charge in [-0.15, -0.1) is 11.3 Å². The number of aromatic nitrogens is 4. The molecule has 1 fully saturated rings. The van der Waals surface area contributed by atoms with Crippen molar-refractivity contribution in [3.8, 4) is 0 Å². The lowest BCUT2D eigenvalue weighted by molar-refractivity contribution is 0.639. The summed E-state index contributed by atoms with van der Waals surface area (Å²) in [7, 11) is 1.66. The molecule has 4 heterocycles. The fourth-order valence-corrected chi connectivity index (χ4v) is 4.01. The number of fused-ring (bicyclic) bond motifs is 1. The van der Waals surface area contributed by atoms with Crippen molar-refractivity contribution in [3.63, 3.8) is 0 Å². The van der Waals surface area contributed by atoms with Crippen molar-refractivity contribution in [1.82, 2.24) is 19.7 Å². The highest BCUT2D eigenvalue weighted by Gasteiger charge is 2.21. The Morgan fingerprint density at radius 1 is 1.12 bits per heavy atom. The van der Waals surface area contributed by atoms with Crippen LogP contribution in [-0.4, -0.2) is 45.9 Å². The predicted octanol–water partition coefficient (Wildman–Crippen LogP) is 1.42. The van der Waals surface area contributed by atoms with Gasteiger partial charge in [0.05, 0.1) is 22.1 Å². The van der Waals surface area contributed by atoms with Gasteiger partial charge in [-0.3, -0.25) is 4.79 Å². The summed E-state index contributed by atoms with van der Waals surface area (Å²) in [4.78, 5) is 25.2. The van der Waals surface area contributed by atoms with Crippen molar-refractivity contribution in [2.75, 3.05) is 36.0 Å². The van der Waals surface area contributed by atoms with Gasteiger partial charge in [-0.05, 0) is 17.9 Å². The third-order valence-electron chi connectivity index (χ3n) is 4.41. The Bertz CT molecular complexity index is 941. The van der Waals surface area contributed by atoms with E-state index in [1.54, 1.807) is 37.0 Å². The SMILES string of the molecule is Cc1csc2c(N3CCN(c4cnn(C)c(=O)c4)CC3)ncnc12. The molecular weight excluding hydrogens is 324 g/mol. The minimum atomic E-state index is -0.0819. The van der Waals surface area contributed by atoms with Crippen molar-refractivity contribution in [3.05, 3.63) is 39.9 Å². The zero-order chi connectivity index (χ0) is 16.7. The van der Waals surface area contributed by atoms with E-state index in [0.29, 0.717) is 0 Å². The van der Waals surface area contributed by atoms with E-state index in [1.165, 1.54) is 10.2 Å². The van der Waals surface area contributed by atoms with E-state index in [0.717, 1.165) is 47.9 Å². The van der Waals surface area contributed by atoms with Crippen LogP contribution in [0.3, 0.4) is 0 Å². The Labute approximate surface area is 143 Å². The first kappa shape index (κ1) is 15.1. The summed E-state index contributed by atoms with van der Waals surface area (Å²) in [5, 5.41) is 6.23. The van der Waals surface area contributed by atoms with Crippen molar-refractivity contribution in [2.45, 2.75) is 6.92 Å². The monoisotopic (exact) mass is 342 g/mol. The average molecular weight is 342 g/mol. The lowest BCUT2D eigenvalue weighted by atomic mass is 10.2. The zero-order valence-electron chi connectivity index (χ0n) is 13.6. The number of thiophene rings is 1. The number of anilines is 2. The van der Waals surface area contributed by atoms with E-state index < -0.39 is 0 Å². The molecule has 24 heavy (non-hydrogen) atoms. The molecule has 0 radical (unpaired) electrons. The van der Waals surface area contributed by atoms with Crippen LogP contribution in [0.2, 0.25) is 0 Å². The van der Waals surface area contributed by atoms with Crippen LogP contribution in [0, 0.1) is 6.92 Å². The van der Waals surface area contributed by atoms with Crippen molar-refractivity contribution < 1.29 is 0 Å². The van der Waals surface area contributed by atoms with E-state index >= 15 is 0 Å². The van der Waals surface area contributed by atoms with Gasteiger partial charge in [0.25, 0.3) is 5.56 Å². The first-order chi connectivity index (χ1) is 11.6. The Balaban J connectivity index is 1.55. The van der Waals surface area contributed by atoms with E-state index in [2.05, 4.69) is 37.2 Å². The summed E-state index contributed by atoms with van der Waals surface area (Å²) in [6, 6.07) is 1.65. The van der Waals surface area contributed by atoms with Crippen LogP contribution < -0.4 is 15.4 Å². The van der Waals surface area contributed by atoms with Crippen molar-refractivity contribution >= 4 is 33.1 Å². The smallest absolute Gasteiger partial charge is 0.268 e. The van der Waals surface area contributed by atoms with Gasteiger partial charge < -0.3 is 9.80 Å². The second-order valence-corrected chi connectivity index (χ2v) is 6.82. The van der Waals surface area contributed by atoms with Gasteiger partial charge in [-0.25, -0.2) is 14.6 Å². The Kier molecular flexibility index (Phi) is 3.68. The van der Waals surface area contributed by atoms with Gasteiger partial charge in [0.1, 0.15) is 12.1 Å². The van der Waals surface area contributed by atoms with Crippen LogP contribution in [-0.2, 0) is 7.05 Å². The van der Waals surface area contributed by atoms with Crippen molar-refractivity contribution in [2.24, 2.45) is 7.05 Å². The number of hydrogen-bond acceptors (Lipinski definition) is 7. The van der Waals surface area contributed by atoms with Gasteiger partial charge in [-0.2, -0.15) is 5.10 Å². The van der Waals surface area contributed by atoms with E-state index in [1.807, 2.05) is 0 Å². The molecule has 0 spiro atoms. The number of piperazine rings is 1. The molecule has 0 saturated carbocycles. The molecule has 0 amide bonds. The third-order valence-corrected chi connectivity index (χ3v) is 5.49. The number of aryl methyl sites for hydroxylation is 2. The maximum Gasteiger partial charge on any atom is 0.268 e. The predicted molar refractivity (Wildman–Crippen MR) is 96.1 cm³/mol. The van der Waals surface area contributed by atoms with Crippen LogP contribution >= 0.6 is 11.3 Å². The summed E-state index contributed by atoms with van der Waals surface area (Å²) >= 11 is 1.70. The van der Waals surface area contributed by atoms with E-state index in [-0.39, 0.29) is 5.56 Å². The van der Waals surface area contributed by atoms with Gasteiger partial charge in [0.2, 0.25) is 0 Å². The fraction of sp³-hybridized carbons (Fsp3) is 0.375. The van der Waals surface area contributed by atoms with Crippen LogP contribution in [0.5, 0.6) is 0 Å². The second-order valence-electron chi connectivity index (χ2n) is 5.94. The van der Waals surface area contributed by atoms with Crippen LogP contribution in [0.1, 0.15) is 5.56 Å². The van der Waals surface area contributed by atoms with Crippen LogP contribution in [0.25, 0.3) is 10.2 Å². The summed E-state index contributed by atoms with van der Waals surface area (Å²) in [6.07, 6.45) is 3.40. The molecule has 0 bridgehead atoms. The van der Waals surface area contributed by atoms with Crippen LogP contribution in [0.15, 0.2) is 28.8 Å². The largest absolute Gasteiger partial charge is 0.367 e. The molecule has 1 aliphatic heterocycles. The number of nitrogens with zero attached hydrogens (tertiary/aromatic N) is 6. The molecule has 0 atom stereocenters. The molecule has 1 aliphatic rings. The van der Waals surface area contributed by atoms with E-state index in [9.17, 15) is 4.79 Å². The molecule has 1 saturated heterocycles. The molecule has 124 valence electrons. The van der Waals surface area contributed by atoms with Gasteiger partial charge >= 0.3 is 0 Å². The first-order valence-electron chi connectivity index (χ1n) is 7.85. The Morgan fingerprint density at radius 2 is 1.88 bits per heavy atom. The summed E-state index contributed by atoms with van der Waals surface area (Å²) < 4.78 is 2.50. The lowest BCUT2D eigenvalue weighted by Crippen LogP contribution is -2.47. The molecule has 8 heteroatoms. The fourth-order valence-electron chi connectivity index (χ4n) is 2.99. The molecule has 0 aliphatic carbocycles. The second kappa shape index (κ2) is 5.86. The highest BCUT2D eigenvalue weighted by Crippen LogP contribution is 2.31. The van der Waals surface area contributed by atoms with E-state index in [4.69, 9.17) is 0 Å². The first-order valence-corrected chi connectivity index (χ1v) is 8.73. The Morgan fingerprint density at radius 3 is 2.62 bits per heavy atom. The molecule has 3 aromatic heterocycles. The minimum Gasteiger partial charge on any atom is -0.367 e. The van der Waals surface area contributed by atoms with Crippen molar-refractivity contribution in [1.29, 1.82) is 0 Å². The van der Waals surface area contributed by atoms with Gasteiger partial charge in [0, 0.05) is 39.3 Å². The average Bonchev–Trinajstić information content (AvgIpc) is 2.99. The maximum atomic E-state index is 11.8. The number of rotatable bonds is 2. The summed E-state index contributed by atoms with van der Waals surface area (Å²) in [5.41, 5.74) is 3.05. The summed E-state index contributed by atoms with van der Waals surface area (Å²) in [6.45, 7) is 5.47. The van der Waals surface area contributed by atoms with Gasteiger partial charge in [-0.1, -0.05) is 0 Å². The zero-order valence-corrected chi connectivity index (χ0v) is 14.5. The molecular formula is C16H18N6OS. The molecule has 0 unspecified atom stereocenters. The number of hydrogen-bond donors (Lipinski definition) is 0. The van der Waals surface area contributed by atoms with Crippen LogP contribution in [0.4, 0.5) is 11.5 Å². The standard InChI is InChI=1S/C16H18N6OS/c1-11-9-24-15-14(11)17-10-18-16(15)22-5-3-21(4-6-22)12-7-13(23)20(2)19-8-12/h7-10H,3-6H2,1-2H3. The minimum absolute atomic E-state index is 0.0819. The topological polar surface area (TPSA) is 67.2 Å². The highest BCUT2D eigenvalue weighted by molar-refractivity contribution is 7.18. The molecule has 0 N–H and O–H groups in total. The van der Waals surface area contributed by atoms with Gasteiger partial charge in [0.15, 0.2) is 0 Å². The maximum absolute atomic E-state index is 11.8. The molecule has 0 aromatic carbocycles. The normalized spacial score (nSPS) is 15.2. The Hall–Kier alpha value is -2.48. The molecule has 7 nitrogen and oxygen atoms in total. The highest BCUT2D eigenvalue weighted by atomic mass is 32.1. The summed E-state index contributed by atoms with van der Waals surface area (Å²) in [5.74, 6) is 1.01.